The van der Waals surface area contributed by atoms with Gasteiger partial charge in [0.2, 0.25) is 5.91 Å². The van der Waals surface area contributed by atoms with Gasteiger partial charge < -0.3 is 11.1 Å². The SMILES string of the molecule is CC(C)CC(CN)C(=O)Nc1cc(S(C)(=O)=O)ccc1F. The molecule has 1 unspecified atom stereocenters. The van der Waals surface area contributed by atoms with E-state index in [2.05, 4.69) is 5.32 Å². The molecular formula is C14H21FN2O3S. The zero-order valence-corrected chi connectivity index (χ0v) is 13.2. The molecule has 3 N–H and O–H groups in total. The Morgan fingerprint density at radius 1 is 1.38 bits per heavy atom. The maximum atomic E-state index is 13.7. The Labute approximate surface area is 124 Å². The second-order valence-corrected chi connectivity index (χ2v) is 7.48. The molecule has 118 valence electrons. The van der Waals surface area contributed by atoms with E-state index in [-0.39, 0.29) is 23.0 Å². The molecule has 0 spiro atoms. The summed E-state index contributed by atoms with van der Waals surface area (Å²) in [5, 5.41) is 2.42. The molecule has 0 aliphatic rings. The Balaban J connectivity index is 2.99. The molecule has 0 aliphatic heterocycles. The van der Waals surface area contributed by atoms with E-state index < -0.39 is 27.5 Å². The Kier molecular flexibility index (Phi) is 5.86. The number of hydrogen-bond acceptors (Lipinski definition) is 4. The van der Waals surface area contributed by atoms with Crippen molar-refractivity contribution in [2.45, 2.75) is 25.2 Å². The zero-order chi connectivity index (χ0) is 16.2. The lowest BCUT2D eigenvalue weighted by Gasteiger charge is -2.17. The number of carbonyl (C=O) groups excluding carboxylic acids is 1. The Morgan fingerprint density at radius 3 is 2.48 bits per heavy atom. The monoisotopic (exact) mass is 316 g/mol. The van der Waals surface area contributed by atoms with Crippen LogP contribution in [0, 0.1) is 17.7 Å². The van der Waals surface area contributed by atoms with Crippen molar-refractivity contribution < 1.29 is 17.6 Å². The van der Waals surface area contributed by atoms with Gasteiger partial charge in [0.25, 0.3) is 0 Å². The number of nitrogens with one attached hydrogen (secondary N) is 1. The highest BCUT2D eigenvalue weighted by Gasteiger charge is 2.20. The van der Waals surface area contributed by atoms with Crippen LogP contribution in [0.1, 0.15) is 20.3 Å². The summed E-state index contributed by atoms with van der Waals surface area (Å²) in [6, 6.07) is 3.30. The van der Waals surface area contributed by atoms with Gasteiger partial charge in [-0.1, -0.05) is 13.8 Å². The molecule has 1 aromatic rings. The lowest BCUT2D eigenvalue weighted by atomic mass is 9.96. The molecule has 0 heterocycles. The van der Waals surface area contributed by atoms with Gasteiger partial charge >= 0.3 is 0 Å². The average Bonchev–Trinajstić information content (AvgIpc) is 2.36. The summed E-state index contributed by atoms with van der Waals surface area (Å²) < 4.78 is 36.6. The van der Waals surface area contributed by atoms with Crippen molar-refractivity contribution in [2.75, 3.05) is 18.1 Å². The first kappa shape index (κ1) is 17.6. The number of hydrogen-bond donors (Lipinski definition) is 2. The predicted octanol–water partition coefficient (Wildman–Crippen LogP) is 1.79. The van der Waals surface area contributed by atoms with Gasteiger partial charge in [-0.2, -0.15) is 0 Å². The van der Waals surface area contributed by atoms with Gasteiger partial charge in [-0.05, 0) is 30.5 Å². The molecule has 0 fully saturated rings. The highest BCUT2D eigenvalue weighted by molar-refractivity contribution is 7.90. The van der Waals surface area contributed by atoms with Crippen LogP contribution in [0.2, 0.25) is 0 Å². The van der Waals surface area contributed by atoms with Crippen LogP contribution in [0.25, 0.3) is 0 Å². The third kappa shape index (κ3) is 5.09. The van der Waals surface area contributed by atoms with Crippen LogP contribution in [0.3, 0.4) is 0 Å². The molecule has 7 heteroatoms. The molecule has 0 bridgehead atoms. The van der Waals surface area contributed by atoms with E-state index in [0.29, 0.717) is 6.42 Å². The maximum absolute atomic E-state index is 13.7. The third-order valence-corrected chi connectivity index (χ3v) is 4.15. The second-order valence-electron chi connectivity index (χ2n) is 5.47. The van der Waals surface area contributed by atoms with E-state index in [1.165, 1.54) is 0 Å². The van der Waals surface area contributed by atoms with E-state index in [0.717, 1.165) is 24.5 Å². The van der Waals surface area contributed by atoms with E-state index >= 15 is 0 Å². The van der Waals surface area contributed by atoms with Crippen LogP contribution >= 0.6 is 0 Å². The predicted molar refractivity (Wildman–Crippen MR) is 80.1 cm³/mol. The molecule has 1 rings (SSSR count). The normalized spacial score (nSPS) is 13.2. The summed E-state index contributed by atoms with van der Waals surface area (Å²) >= 11 is 0. The van der Waals surface area contributed by atoms with Crippen molar-refractivity contribution in [1.82, 2.24) is 0 Å². The van der Waals surface area contributed by atoms with Gasteiger partial charge in [0.15, 0.2) is 9.84 Å². The standard InChI is InChI=1S/C14H21FN2O3S/c1-9(2)6-10(8-16)14(18)17-13-7-11(21(3,19)20)4-5-12(13)15/h4-5,7,9-10H,6,8,16H2,1-3H3,(H,17,18). The number of rotatable bonds is 6. The van der Waals surface area contributed by atoms with Crippen molar-refractivity contribution in [1.29, 1.82) is 0 Å². The van der Waals surface area contributed by atoms with Crippen LogP contribution in [0.5, 0.6) is 0 Å². The van der Waals surface area contributed by atoms with E-state index in [1.807, 2.05) is 13.8 Å². The van der Waals surface area contributed by atoms with Gasteiger partial charge in [0, 0.05) is 12.8 Å². The molecule has 21 heavy (non-hydrogen) atoms. The smallest absolute Gasteiger partial charge is 0.228 e. The van der Waals surface area contributed by atoms with Crippen LogP contribution < -0.4 is 11.1 Å². The molecule has 5 nitrogen and oxygen atoms in total. The minimum atomic E-state index is -3.47. The van der Waals surface area contributed by atoms with Crippen molar-refractivity contribution in [2.24, 2.45) is 17.6 Å². The van der Waals surface area contributed by atoms with Gasteiger partial charge in [-0.25, -0.2) is 12.8 Å². The summed E-state index contributed by atoms with van der Waals surface area (Å²) in [7, 11) is -3.47. The molecule has 0 aliphatic carbocycles. The maximum Gasteiger partial charge on any atom is 0.228 e. The Hall–Kier alpha value is -1.47. The lowest BCUT2D eigenvalue weighted by molar-refractivity contribution is -0.120. The molecule has 0 radical (unpaired) electrons. The van der Waals surface area contributed by atoms with Gasteiger partial charge in [-0.15, -0.1) is 0 Å². The average molecular weight is 316 g/mol. The minimum Gasteiger partial charge on any atom is -0.330 e. The fourth-order valence-electron chi connectivity index (χ4n) is 1.94. The highest BCUT2D eigenvalue weighted by Crippen LogP contribution is 2.21. The number of amides is 1. The van der Waals surface area contributed by atoms with Gasteiger partial charge in [0.1, 0.15) is 5.82 Å². The summed E-state index contributed by atoms with van der Waals surface area (Å²) in [6.45, 7) is 4.07. The second kappa shape index (κ2) is 7.00. The number of nitrogens with two attached hydrogens (primary N) is 1. The van der Waals surface area contributed by atoms with Crippen LogP contribution in [-0.4, -0.2) is 27.1 Å². The number of carbonyl (C=O) groups is 1. The third-order valence-electron chi connectivity index (χ3n) is 3.04. The molecule has 1 atom stereocenters. The number of benzene rings is 1. The Morgan fingerprint density at radius 2 is 2.00 bits per heavy atom. The topological polar surface area (TPSA) is 89.3 Å². The lowest BCUT2D eigenvalue weighted by Crippen LogP contribution is -2.30. The van der Waals surface area contributed by atoms with Crippen molar-refractivity contribution in [3.8, 4) is 0 Å². The van der Waals surface area contributed by atoms with Crippen molar-refractivity contribution in [3.05, 3.63) is 24.0 Å². The summed E-state index contributed by atoms with van der Waals surface area (Å²) in [5.41, 5.74) is 5.41. The molecule has 0 saturated heterocycles. The highest BCUT2D eigenvalue weighted by atomic mass is 32.2. The molecule has 1 amide bonds. The largest absolute Gasteiger partial charge is 0.330 e. The number of sulfone groups is 1. The van der Waals surface area contributed by atoms with Crippen LogP contribution in [-0.2, 0) is 14.6 Å². The summed E-state index contributed by atoms with van der Waals surface area (Å²) in [5.74, 6) is -1.25. The van der Waals surface area contributed by atoms with E-state index in [4.69, 9.17) is 5.73 Å². The van der Waals surface area contributed by atoms with Crippen LogP contribution in [0.4, 0.5) is 10.1 Å². The fourth-order valence-corrected chi connectivity index (χ4v) is 2.59. The summed E-state index contributed by atoms with van der Waals surface area (Å²) in [4.78, 5) is 12.0. The molecular weight excluding hydrogens is 295 g/mol. The van der Waals surface area contributed by atoms with Crippen molar-refractivity contribution >= 4 is 21.4 Å². The molecule has 0 aromatic heterocycles. The van der Waals surface area contributed by atoms with E-state index in [1.54, 1.807) is 0 Å². The quantitative estimate of drug-likeness (QED) is 0.783. The summed E-state index contributed by atoms with van der Waals surface area (Å²) in [6.07, 6.45) is 1.60. The fraction of sp³-hybridized carbons (Fsp3) is 0.500. The first-order valence-corrected chi connectivity index (χ1v) is 8.54. The number of anilines is 1. The first-order valence-electron chi connectivity index (χ1n) is 6.65. The van der Waals surface area contributed by atoms with Crippen LogP contribution in [0.15, 0.2) is 23.1 Å². The molecule has 1 aromatic carbocycles. The Bertz CT molecular complexity index is 615. The zero-order valence-electron chi connectivity index (χ0n) is 12.4. The van der Waals surface area contributed by atoms with Gasteiger partial charge in [0.05, 0.1) is 16.5 Å². The molecule has 0 saturated carbocycles. The van der Waals surface area contributed by atoms with Gasteiger partial charge in [-0.3, -0.25) is 4.79 Å². The van der Waals surface area contributed by atoms with E-state index in [9.17, 15) is 17.6 Å². The minimum absolute atomic E-state index is 0.0487. The van der Waals surface area contributed by atoms with Crippen molar-refractivity contribution in [3.63, 3.8) is 0 Å². The number of halogens is 1. The first-order chi connectivity index (χ1) is 9.65.